The van der Waals surface area contributed by atoms with Gasteiger partial charge in [-0.25, -0.2) is 5.01 Å². The average Bonchev–Trinajstić information content (AvgIpc) is 3.07. The number of nitrogens with zero attached hydrogens (tertiary/aromatic N) is 2. The number of hydrogen-bond acceptors (Lipinski definition) is 4. The van der Waals surface area contributed by atoms with E-state index in [2.05, 4.69) is 24.0 Å². The summed E-state index contributed by atoms with van der Waals surface area (Å²) in [6.07, 6.45) is 12.5. The number of primary amides is 1. The maximum Gasteiger partial charge on any atom is 0.293 e. The van der Waals surface area contributed by atoms with Crippen LogP contribution in [0.1, 0.15) is 62.5 Å². The minimum atomic E-state index is -0.690. The molecule has 31 heavy (non-hydrogen) atoms. The van der Waals surface area contributed by atoms with Gasteiger partial charge < -0.3 is 10.5 Å². The molecular formula is C25H29N3O3. The first-order valence-corrected chi connectivity index (χ1v) is 11.1. The van der Waals surface area contributed by atoms with Gasteiger partial charge in [0, 0.05) is 11.8 Å². The third-order valence-corrected chi connectivity index (χ3v) is 6.53. The Morgan fingerprint density at radius 3 is 2.52 bits per heavy atom. The van der Waals surface area contributed by atoms with Crippen molar-refractivity contribution in [3.05, 3.63) is 41.5 Å². The van der Waals surface area contributed by atoms with E-state index in [1.165, 1.54) is 12.8 Å². The minimum absolute atomic E-state index is 0.0462. The Hall–Kier alpha value is -3.07. The van der Waals surface area contributed by atoms with Crippen molar-refractivity contribution in [2.75, 3.05) is 7.11 Å². The molecule has 0 unspecified atom stereocenters. The van der Waals surface area contributed by atoms with Gasteiger partial charge in [0.05, 0.1) is 30.3 Å². The first-order valence-electron chi connectivity index (χ1n) is 11.1. The molecule has 2 N–H and O–H groups in total. The molecule has 1 aromatic carbocycles. The van der Waals surface area contributed by atoms with Crippen LogP contribution in [0.3, 0.4) is 0 Å². The third-order valence-electron chi connectivity index (χ3n) is 6.53. The molecular weight excluding hydrogens is 390 g/mol. The van der Waals surface area contributed by atoms with E-state index in [0.717, 1.165) is 49.8 Å². The molecule has 1 saturated carbocycles. The van der Waals surface area contributed by atoms with Crippen LogP contribution in [0.25, 0.3) is 0 Å². The SMILES string of the molecule is COc1ccc(C2=NN(C3CCCCCC3)C(=O)[C@@H]3CC=CC[C@H]23)cc1C#CC(N)=O. The van der Waals surface area contributed by atoms with Gasteiger partial charge in [0.1, 0.15) is 5.75 Å². The van der Waals surface area contributed by atoms with Crippen LogP contribution in [-0.4, -0.2) is 35.7 Å². The number of nitrogens with two attached hydrogens (primary N) is 1. The number of hydrazone groups is 1. The second-order valence-electron chi connectivity index (χ2n) is 8.50. The summed E-state index contributed by atoms with van der Waals surface area (Å²) < 4.78 is 5.40. The van der Waals surface area contributed by atoms with E-state index in [1.807, 2.05) is 18.2 Å². The number of allylic oxidation sites excluding steroid dienone is 2. The maximum absolute atomic E-state index is 13.4. The van der Waals surface area contributed by atoms with Gasteiger partial charge in [-0.05, 0) is 49.4 Å². The third kappa shape index (κ3) is 4.51. The molecule has 0 saturated heterocycles. The summed E-state index contributed by atoms with van der Waals surface area (Å²) in [7, 11) is 1.57. The Morgan fingerprint density at radius 1 is 1.13 bits per heavy atom. The zero-order chi connectivity index (χ0) is 21.8. The number of rotatable bonds is 3. The quantitative estimate of drug-likeness (QED) is 0.463. The van der Waals surface area contributed by atoms with Crippen LogP contribution in [0.2, 0.25) is 0 Å². The topological polar surface area (TPSA) is 85.0 Å². The monoisotopic (exact) mass is 419 g/mol. The highest BCUT2D eigenvalue weighted by Crippen LogP contribution is 2.37. The lowest BCUT2D eigenvalue weighted by molar-refractivity contribution is -0.140. The van der Waals surface area contributed by atoms with Gasteiger partial charge in [-0.3, -0.25) is 9.59 Å². The molecule has 162 valence electrons. The lowest BCUT2D eigenvalue weighted by Gasteiger charge is -2.40. The van der Waals surface area contributed by atoms with Crippen molar-refractivity contribution in [3.63, 3.8) is 0 Å². The summed E-state index contributed by atoms with van der Waals surface area (Å²) in [4.78, 5) is 24.5. The van der Waals surface area contributed by atoms with Crippen LogP contribution >= 0.6 is 0 Å². The molecule has 2 atom stereocenters. The first-order chi connectivity index (χ1) is 15.1. The predicted octanol–water partition coefficient (Wildman–Crippen LogP) is 3.38. The zero-order valence-corrected chi connectivity index (χ0v) is 18.0. The minimum Gasteiger partial charge on any atom is -0.495 e. The van der Waals surface area contributed by atoms with Crippen LogP contribution in [0.4, 0.5) is 0 Å². The predicted molar refractivity (Wildman–Crippen MR) is 119 cm³/mol. The molecule has 2 amide bonds. The van der Waals surface area contributed by atoms with Crippen LogP contribution in [-0.2, 0) is 9.59 Å². The highest BCUT2D eigenvalue weighted by atomic mass is 16.5. The highest BCUT2D eigenvalue weighted by molar-refractivity contribution is 6.07. The van der Waals surface area contributed by atoms with Crippen molar-refractivity contribution >= 4 is 17.5 Å². The molecule has 3 aliphatic rings. The molecule has 0 radical (unpaired) electrons. The van der Waals surface area contributed by atoms with Crippen LogP contribution in [0.5, 0.6) is 5.75 Å². The molecule has 1 heterocycles. The number of hydrogen-bond donors (Lipinski definition) is 1. The summed E-state index contributed by atoms with van der Waals surface area (Å²) in [5, 5.41) is 6.75. The van der Waals surface area contributed by atoms with Gasteiger partial charge in [-0.15, -0.1) is 0 Å². The fourth-order valence-electron chi connectivity index (χ4n) is 4.93. The zero-order valence-electron chi connectivity index (χ0n) is 18.0. The molecule has 1 fully saturated rings. The Balaban J connectivity index is 1.76. The summed E-state index contributed by atoms with van der Waals surface area (Å²) in [6.45, 7) is 0. The Bertz CT molecular complexity index is 977. The molecule has 6 heteroatoms. The molecule has 4 rings (SSSR count). The van der Waals surface area contributed by atoms with E-state index >= 15 is 0 Å². The Morgan fingerprint density at radius 2 is 1.84 bits per heavy atom. The smallest absolute Gasteiger partial charge is 0.293 e. The van der Waals surface area contributed by atoms with Crippen molar-refractivity contribution < 1.29 is 14.3 Å². The largest absolute Gasteiger partial charge is 0.495 e. The van der Waals surface area contributed by atoms with Gasteiger partial charge >= 0.3 is 0 Å². The van der Waals surface area contributed by atoms with Crippen molar-refractivity contribution in [2.24, 2.45) is 22.7 Å². The summed E-state index contributed by atoms with van der Waals surface area (Å²) in [5.41, 5.74) is 7.61. The van der Waals surface area contributed by atoms with Crippen molar-refractivity contribution in [1.29, 1.82) is 0 Å². The maximum atomic E-state index is 13.4. The normalized spacial score (nSPS) is 23.8. The number of carbonyl (C=O) groups is 2. The molecule has 1 aliphatic heterocycles. The summed E-state index contributed by atoms with van der Waals surface area (Å²) >= 11 is 0. The molecule has 0 bridgehead atoms. The molecule has 1 aromatic rings. The van der Waals surface area contributed by atoms with Crippen LogP contribution in [0, 0.1) is 23.7 Å². The van der Waals surface area contributed by atoms with E-state index in [9.17, 15) is 9.59 Å². The van der Waals surface area contributed by atoms with Gasteiger partial charge in [-0.2, -0.15) is 5.10 Å². The first kappa shape index (κ1) is 21.2. The molecule has 0 aromatic heterocycles. The highest BCUT2D eigenvalue weighted by Gasteiger charge is 2.42. The standard InChI is InChI=1S/C25H29N3O3/c1-31-22-14-12-18(16-17(22)13-15-23(26)29)24-20-10-6-7-11-21(20)25(30)28(27-24)19-8-4-2-3-5-9-19/h6-7,12,14,16,19-21H,2-5,8-11H2,1H3,(H2,26,29)/t20-,21+/m0/s1. The van der Waals surface area contributed by atoms with Crippen molar-refractivity contribution in [1.82, 2.24) is 5.01 Å². The van der Waals surface area contributed by atoms with E-state index in [-0.39, 0.29) is 23.8 Å². The van der Waals surface area contributed by atoms with E-state index in [1.54, 1.807) is 12.1 Å². The van der Waals surface area contributed by atoms with E-state index < -0.39 is 5.91 Å². The molecule has 2 aliphatic carbocycles. The number of methoxy groups -OCH3 is 1. The molecule has 0 spiro atoms. The lowest BCUT2D eigenvalue weighted by Crippen LogP contribution is -2.49. The second kappa shape index (κ2) is 9.38. The fourth-order valence-corrected chi connectivity index (χ4v) is 4.93. The van der Waals surface area contributed by atoms with Crippen molar-refractivity contribution in [2.45, 2.75) is 57.4 Å². The van der Waals surface area contributed by atoms with Gasteiger partial charge in [0.2, 0.25) is 5.91 Å². The number of benzene rings is 1. The number of ether oxygens (including phenoxy) is 1. The fraction of sp³-hybridized carbons (Fsp3) is 0.480. The summed E-state index contributed by atoms with van der Waals surface area (Å²) in [5.74, 6) is 5.21. The lowest BCUT2D eigenvalue weighted by atomic mass is 9.76. The summed E-state index contributed by atoms with van der Waals surface area (Å²) in [6, 6.07) is 5.86. The average molecular weight is 420 g/mol. The number of carbonyl (C=O) groups excluding carboxylic acids is 2. The molecule has 6 nitrogen and oxygen atoms in total. The number of amides is 2. The van der Waals surface area contributed by atoms with Crippen LogP contribution < -0.4 is 10.5 Å². The second-order valence-corrected chi connectivity index (χ2v) is 8.50. The van der Waals surface area contributed by atoms with E-state index in [0.29, 0.717) is 11.3 Å². The Labute approximate surface area is 183 Å². The Kier molecular flexibility index (Phi) is 6.41. The van der Waals surface area contributed by atoms with Crippen LogP contribution in [0.15, 0.2) is 35.5 Å². The van der Waals surface area contributed by atoms with Gasteiger partial charge in [0.15, 0.2) is 0 Å². The van der Waals surface area contributed by atoms with E-state index in [4.69, 9.17) is 15.6 Å². The van der Waals surface area contributed by atoms with Gasteiger partial charge in [0.25, 0.3) is 5.91 Å². The number of fused-ring (bicyclic) bond motifs is 1. The van der Waals surface area contributed by atoms with Crippen molar-refractivity contribution in [3.8, 4) is 17.6 Å². The van der Waals surface area contributed by atoms with Gasteiger partial charge in [-0.1, -0.05) is 43.8 Å².